The predicted molar refractivity (Wildman–Crippen MR) is 136 cm³/mol. The predicted octanol–water partition coefficient (Wildman–Crippen LogP) is 9.74. The maximum Gasteiger partial charge on any atom is -0.00883 e. The van der Waals surface area contributed by atoms with Crippen molar-refractivity contribution < 1.29 is 0 Å². The molecule has 0 aromatic heterocycles. The first-order chi connectivity index (χ1) is 14.4. The summed E-state index contributed by atoms with van der Waals surface area (Å²) in [4.78, 5) is 0. The molecule has 0 saturated heterocycles. The molecule has 30 heavy (non-hydrogen) atoms. The Morgan fingerprint density at radius 3 is 2.07 bits per heavy atom. The summed E-state index contributed by atoms with van der Waals surface area (Å²) in [5.74, 6) is 3.00. The summed E-state index contributed by atoms with van der Waals surface area (Å²) in [5.41, 5.74) is 5.79. The molecule has 0 aliphatic heterocycles. The molecule has 0 amide bonds. The van der Waals surface area contributed by atoms with Crippen LogP contribution in [0.1, 0.15) is 110 Å². The van der Waals surface area contributed by atoms with E-state index in [1.807, 2.05) is 0 Å². The largest absolute Gasteiger partial charge is 0.0798 e. The lowest BCUT2D eigenvalue weighted by molar-refractivity contribution is 0.458. The van der Waals surface area contributed by atoms with Crippen LogP contribution in [0, 0.1) is 17.8 Å². The highest BCUT2D eigenvalue weighted by Gasteiger charge is 2.11. The van der Waals surface area contributed by atoms with Crippen LogP contribution in [0.4, 0.5) is 0 Å². The van der Waals surface area contributed by atoms with Gasteiger partial charge in [-0.3, -0.25) is 0 Å². The normalized spacial score (nSPS) is 18.2. The number of hydrogen-bond donors (Lipinski definition) is 0. The van der Waals surface area contributed by atoms with Gasteiger partial charge in [-0.05, 0) is 65.2 Å². The third kappa shape index (κ3) is 7.93. The molecule has 166 valence electrons. The van der Waals surface area contributed by atoms with Gasteiger partial charge in [0.2, 0.25) is 0 Å². The maximum absolute atomic E-state index is 2.39. The minimum Gasteiger partial charge on any atom is -0.0798 e. The molecule has 0 N–H and O–H groups in total. The first kappa shape index (κ1) is 24.7. The lowest BCUT2D eigenvalue weighted by Gasteiger charge is -2.15. The van der Waals surface area contributed by atoms with Crippen LogP contribution >= 0.6 is 0 Å². The fourth-order valence-electron chi connectivity index (χ4n) is 4.26. The standard InChI is InChI=1S/C30H46/c1-7-23(3)11-9-12-25(5)27-13-10-14-29(20-17-27)30-21-18-28(19-22-30)26(6)16-15-24(4)8-2/h10,13,17-26H,7-9,11-12,14-16H2,1-6H3. The highest BCUT2D eigenvalue weighted by molar-refractivity contribution is 5.69. The lowest BCUT2D eigenvalue weighted by atomic mass is 9.90. The van der Waals surface area contributed by atoms with Gasteiger partial charge in [0.25, 0.3) is 0 Å². The molecule has 0 spiro atoms. The first-order valence-electron chi connectivity index (χ1n) is 12.6. The fourth-order valence-corrected chi connectivity index (χ4v) is 4.26. The van der Waals surface area contributed by atoms with Crippen molar-refractivity contribution in [3.05, 3.63) is 65.3 Å². The summed E-state index contributed by atoms with van der Waals surface area (Å²) in [6.45, 7) is 14.1. The van der Waals surface area contributed by atoms with Gasteiger partial charge in [0, 0.05) is 0 Å². The van der Waals surface area contributed by atoms with E-state index in [9.17, 15) is 0 Å². The Morgan fingerprint density at radius 1 is 0.733 bits per heavy atom. The lowest BCUT2D eigenvalue weighted by Crippen LogP contribution is -1.99. The van der Waals surface area contributed by atoms with Crippen molar-refractivity contribution in [1.29, 1.82) is 0 Å². The van der Waals surface area contributed by atoms with Crippen molar-refractivity contribution in [3.63, 3.8) is 0 Å². The first-order valence-corrected chi connectivity index (χ1v) is 12.6. The third-order valence-corrected chi connectivity index (χ3v) is 7.36. The quantitative estimate of drug-likeness (QED) is 0.324. The van der Waals surface area contributed by atoms with Gasteiger partial charge >= 0.3 is 0 Å². The summed E-state index contributed by atoms with van der Waals surface area (Å²) in [6, 6.07) is 9.38. The van der Waals surface area contributed by atoms with Gasteiger partial charge in [-0.15, -0.1) is 0 Å². The Kier molecular flexibility index (Phi) is 10.7. The van der Waals surface area contributed by atoms with Crippen molar-refractivity contribution in [2.45, 2.75) is 98.8 Å². The number of hydrogen-bond acceptors (Lipinski definition) is 0. The molecular formula is C30H46. The van der Waals surface area contributed by atoms with E-state index in [1.54, 1.807) is 0 Å². The van der Waals surface area contributed by atoms with E-state index in [1.165, 1.54) is 67.2 Å². The minimum atomic E-state index is 0.648. The van der Waals surface area contributed by atoms with Gasteiger partial charge in [-0.2, -0.15) is 0 Å². The van der Waals surface area contributed by atoms with E-state index in [0.717, 1.165) is 18.3 Å². The molecule has 1 aliphatic carbocycles. The van der Waals surface area contributed by atoms with Crippen molar-refractivity contribution in [2.24, 2.45) is 17.8 Å². The molecule has 0 radical (unpaired) electrons. The molecule has 0 saturated carbocycles. The zero-order chi connectivity index (χ0) is 21.9. The average molecular weight is 407 g/mol. The van der Waals surface area contributed by atoms with Crippen molar-refractivity contribution in [3.8, 4) is 0 Å². The second kappa shape index (κ2) is 13.0. The Labute approximate surface area is 187 Å². The highest BCUT2D eigenvalue weighted by Crippen LogP contribution is 2.29. The molecular weight excluding hydrogens is 360 g/mol. The summed E-state index contributed by atoms with van der Waals surface area (Å²) < 4.78 is 0. The molecule has 0 nitrogen and oxygen atoms in total. The Bertz CT molecular complexity index is 700. The molecule has 1 aromatic rings. The smallest absolute Gasteiger partial charge is 0.00883 e. The topological polar surface area (TPSA) is 0 Å². The average Bonchev–Trinajstić information content (AvgIpc) is 3.03. The van der Waals surface area contributed by atoms with Crippen LogP contribution in [-0.2, 0) is 0 Å². The Balaban J connectivity index is 1.96. The van der Waals surface area contributed by atoms with Crippen molar-refractivity contribution in [1.82, 2.24) is 0 Å². The molecule has 0 heteroatoms. The minimum absolute atomic E-state index is 0.648. The molecule has 4 unspecified atom stereocenters. The zero-order valence-corrected chi connectivity index (χ0v) is 20.6. The van der Waals surface area contributed by atoms with Gasteiger partial charge in [0.1, 0.15) is 0 Å². The molecule has 1 aliphatic rings. The number of rotatable bonds is 12. The van der Waals surface area contributed by atoms with Crippen LogP contribution in [-0.4, -0.2) is 0 Å². The van der Waals surface area contributed by atoms with Crippen LogP contribution in [0.25, 0.3) is 5.57 Å². The van der Waals surface area contributed by atoms with E-state index < -0.39 is 0 Å². The van der Waals surface area contributed by atoms with E-state index in [-0.39, 0.29) is 0 Å². The van der Waals surface area contributed by atoms with Gasteiger partial charge in [0.05, 0.1) is 0 Å². The molecule has 0 bridgehead atoms. The van der Waals surface area contributed by atoms with Crippen LogP contribution in [0.15, 0.2) is 54.1 Å². The fraction of sp³-hybridized carbons (Fsp3) is 0.600. The SMILES string of the molecule is CCC(C)CCCC(C)C1=CC=C(c2ccc(C(C)CCC(C)CC)cc2)CC=C1. The zero-order valence-electron chi connectivity index (χ0n) is 20.6. The van der Waals surface area contributed by atoms with Crippen molar-refractivity contribution >= 4 is 5.57 Å². The van der Waals surface area contributed by atoms with Gasteiger partial charge < -0.3 is 0 Å². The van der Waals surface area contributed by atoms with Gasteiger partial charge in [-0.1, -0.05) is 122 Å². The molecule has 4 atom stereocenters. The highest BCUT2D eigenvalue weighted by atomic mass is 14.2. The second-order valence-corrected chi connectivity index (χ2v) is 9.92. The van der Waals surface area contributed by atoms with Crippen LogP contribution in [0.5, 0.6) is 0 Å². The molecule has 1 aromatic carbocycles. The Morgan fingerprint density at radius 2 is 1.40 bits per heavy atom. The third-order valence-electron chi connectivity index (χ3n) is 7.36. The molecule has 2 rings (SSSR count). The number of benzene rings is 1. The van der Waals surface area contributed by atoms with Crippen LogP contribution in [0.3, 0.4) is 0 Å². The van der Waals surface area contributed by atoms with E-state index in [0.29, 0.717) is 11.8 Å². The summed E-state index contributed by atoms with van der Waals surface area (Å²) in [6.07, 6.45) is 19.7. The summed E-state index contributed by atoms with van der Waals surface area (Å²) in [5, 5.41) is 0. The van der Waals surface area contributed by atoms with E-state index in [4.69, 9.17) is 0 Å². The van der Waals surface area contributed by atoms with E-state index >= 15 is 0 Å². The van der Waals surface area contributed by atoms with Gasteiger partial charge in [-0.25, -0.2) is 0 Å². The van der Waals surface area contributed by atoms with E-state index in [2.05, 4.69) is 90.1 Å². The monoisotopic (exact) mass is 406 g/mol. The molecule has 0 heterocycles. The van der Waals surface area contributed by atoms with Crippen LogP contribution in [0.2, 0.25) is 0 Å². The second-order valence-electron chi connectivity index (χ2n) is 9.92. The molecule has 0 fully saturated rings. The van der Waals surface area contributed by atoms with Gasteiger partial charge in [0.15, 0.2) is 0 Å². The number of allylic oxidation sites excluding steroid dienone is 6. The van der Waals surface area contributed by atoms with Crippen LogP contribution < -0.4 is 0 Å². The maximum atomic E-state index is 2.39. The summed E-state index contributed by atoms with van der Waals surface area (Å²) in [7, 11) is 0. The Hall–Kier alpha value is -1.56. The summed E-state index contributed by atoms with van der Waals surface area (Å²) >= 11 is 0. The van der Waals surface area contributed by atoms with Crippen molar-refractivity contribution in [2.75, 3.05) is 0 Å².